The standard InChI is InChI=1S/C16H10ClFN2O2/c17-9-2-1-3-11(6-9)20-16(22)15(21)13-8-19-14-5-4-10(18)7-12(13)14/h1-8,19H,(H,20,22). The highest BCUT2D eigenvalue weighted by Crippen LogP contribution is 2.21. The fourth-order valence-electron chi connectivity index (χ4n) is 2.16. The van der Waals surface area contributed by atoms with E-state index >= 15 is 0 Å². The van der Waals surface area contributed by atoms with Gasteiger partial charge in [-0.15, -0.1) is 0 Å². The van der Waals surface area contributed by atoms with Crippen LogP contribution in [0, 0.1) is 5.82 Å². The van der Waals surface area contributed by atoms with Crippen LogP contribution < -0.4 is 5.32 Å². The van der Waals surface area contributed by atoms with Crippen LogP contribution in [0.3, 0.4) is 0 Å². The van der Waals surface area contributed by atoms with Crippen LogP contribution in [0.2, 0.25) is 5.02 Å². The number of benzene rings is 2. The van der Waals surface area contributed by atoms with Gasteiger partial charge in [0.2, 0.25) is 0 Å². The van der Waals surface area contributed by atoms with Gasteiger partial charge in [-0.3, -0.25) is 9.59 Å². The van der Waals surface area contributed by atoms with Crippen LogP contribution in [0.5, 0.6) is 0 Å². The van der Waals surface area contributed by atoms with Gasteiger partial charge in [0.1, 0.15) is 5.82 Å². The number of hydrogen-bond acceptors (Lipinski definition) is 2. The van der Waals surface area contributed by atoms with Crippen LogP contribution in [0.25, 0.3) is 10.9 Å². The number of H-pyrrole nitrogens is 1. The molecule has 1 amide bonds. The van der Waals surface area contributed by atoms with Gasteiger partial charge >= 0.3 is 0 Å². The Balaban J connectivity index is 1.89. The largest absolute Gasteiger partial charge is 0.360 e. The first-order valence-electron chi connectivity index (χ1n) is 6.42. The molecule has 110 valence electrons. The Morgan fingerprint density at radius 2 is 1.95 bits per heavy atom. The van der Waals surface area contributed by atoms with Crippen LogP contribution >= 0.6 is 11.6 Å². The van der Waals surface area contributed by atoms with Crippen molar-refractivity contribution in [3.8, 4) is 0 Å². The summed E-state index contributed by atoms with van der Waals surface area (Å²) in [5, 5.41) is 3.28. The lowest BCUT2D eigenvalue weighted by Crippen LogP contribution is -2.22. The lowest BCUT2D eigenvalue weighted by molar-refractivity contribution is -0.112. The van der Waals surface area contributed by atoms with Crippen LogP contribution in [0.15, 0.2) is 48.7 Å². The number of carbonyl (C=O) groups excluding carboxylic acids is 2. The number of aromatic amines is 1. The minimum atomic E-state index is -0.813. The molecule has 2 N–H and O–H groups in total. The van der Waals surface area contributed by atoms with Gasteiger partial charge in [-0.1, -0.05) is 17.7 Å². The molecule has 0 atom stereocenters. The summed E-state index contributed by atoms with van der Waals surface area (Å²) in [6.45, 7) is 0. The number of ketones is 1. The van der Waals surface area contributed by atoms with E-state index in [9.17, 15) is 14.0 Å². The van der Waals surface area contributed by atoms with E-state index in [1.165, 1.54) is 30.5 Å². The van der Waals surface area contributed by atoms with Gasteiger partial charge < -0.3 is 10.3 Å². The van der Waals surface area contributed by atoms with Gasteiger partial charge in [0.15, 0.2) is 0 Å². The van der Waals surface area contributed by atoms with Gasteiger partial charge in [0.05, 0.1) is 5.56 Å². The number of carbonyl (C=O) groups is 2. The zero-order chi connectivity index (χ0) is 15.7. The van der Waals surface area contributed by atoms with E-state index in [1.54, 1.807) is 18.2 Å². The summed E-state index contributed by atoms with van der Waals surface area (Å²) in [5.41, 5.74) is 1.12. The number of rotatable bonds is 3. The van der Waals surface area contributed by atoms with Gasteiger partial charge in [-0.25, -0.2) is 4.39 Å². The second-order valence-corrected chi connectivity index (χ2v) is 5.12. The maximum Gasteiger partial charge on any atom is 0.296 e. The minimum absolute atomic E-state index is 0.119. The van der Waals surface area contributed by atoms with Crippen LogP contribution in [0.4, 0.5) is 10.1 Å². The van der Waals surface area contributed by atoms with Gasteiger partial charge in [0.25, 0.3) is 11.7 Å². The molecular formula is C16H10ClFN2O2. The Labute approximate surface area is 129 Å². The van der Waals surface area contributed by atoms with Crippen LogP contribution in [-0.2, 0) is 4.79 Å². The fraction of sp³-hybridized carbons (Fsp3) is 0. The zero-order valence-electron chi connectivity index (χ0n) is 11.2. The quantitative estimate of drug-likeness (QED) is 0.570. The van der Waals surface area contributed by atoms with Crippen molar-refractivity contribution in [1.29, 1.82) is 0 Å². The van der Waals surface area contributed by atoms with Crippen molar-refractivity contribution in [2.24, 2.45) is 0 Å². The van der Waals surface area contributed by atoms with Gasteiger partial charge in [-0.05, 0) is 36.4 Å². The van der Waals surface area contributed by atoms with Crippen molar-refractivity contribution < 1.29 is 14.0 Å². The summed E-state index contributed by atoms with van der Waals surface area (Å²) in [5.74, 6) is -2.04. The van der Waals surface area contributed by atoms with Crippen molar-refractivity contribution in [3.05, 3.63) is 65.1 Å². The van der Waals surface area contributed by atoms with E-state index in [2.05, 4.69) is 10.3 Å². The molecule has 1 aromatic heterocycles. The summed E-state index contributed by atoms with van der Waals surface area (Å²) in [7, 11) is 0. The monoisotopic (exact) mass is 316 g/mol. The summed E-state index contributed by atoms with van der Waals surface area (Å²) >= 11 is 5.82. The number of fused-ring (bicyclic) bond motifs is 1. The molecule has 0 fully saturated rings. The van der Waals surface area contributed by atoms with E-state index < -0.39 is 17.5 Å². The Hall–Kier alpha value is -2.66. The average molecular weight is 317 g/mol. The molecule has 3 aromatic rings. The Kier molecular flexibility index (Phi) is 3.65. The van der Waals surface area contributed by atoms with E-state index in [-0.39, 0.29) is 5.56 Å². The topological polar surface area (TPSA) is 62.0 Å². The van der Waals surface area contributed by atoms with Crippen molar-refractivity contribution in [3.63, 3.8) is 0 Å². The average Bonchev–Trinajstić information content (AvgIpc) is 2.89. The van der Waals surface area contributed by atoms with E-state index in [4.69, 9.17) is 11.6 Å². The summed E-state index contributed by atoms with van der Waals surface area (Å²) in [6.07, 6.45) is 1.39. The Morgan fingerprint density at radius 3 is 2.73 bits per heavy atom. The smallest absolute Gasteiger partial charge is 0.296 e. The number of amides is 1. The predicted molar refractivity (Wildman–Crippen MR) is 82.7 cm³/mol. The van der Waals surface area contributed by atoms with Crippen LogP contribution in [0.1, 0.15) is 10.4 Å². The third-order valence-electron chi connectivity index (χ3n) is 3.18. The van der Waals surface area contributed by atoms with E-state index in [0.717, 1.165) is 0 Å². The fourth-order valence-corrected chi connectivity index (χ4v) is 2.35. The Bertz CT molecular complexity index is 889. The molecule has 2 aromatic carbocycles. The SMILES string of the molecule is O=C(Nc1cccc(Cl)c1)C(=O)c1c[nH]c2ccc(F)cc12. The molecule has 0 aliphatic heterocycles. The highest BCUT2D eigenvalue weighted by Gasteiger charge is 2.20. The number of aromatic nitrogens is 1. The summed E-state index contributed by atoms with van der Waals surface area (Å²) < 4.78 is 13.3. The number of halogens is 2. The number of Topliss-reactive ketones (excluding diaryl/α,β-unsaturated/α-hetero) is 1. The van der Waals surface area contributed by atoms with Gasteiger partial charge in [0, 0.05) is 27.8 Å². The lowest BCUT2D eigenvalue weighted by atomic mass is 10.1. The first-order valence-corrected chi connectivity index (χ1v) is 6.80. The minimum Gasteiger partial charge on any atom is -0.360 e. The highest BCUT2D eigenvalue weighted by atomic mass is 35.5. The maximum absolute atomic E-state index is 13.3. The predicted octanol–water partition coefficient (Wildman–Crippen LogP) is 3.78. The number of hydrogen-bond donors (Lipinski definition) is 2. The molecule has 0 aliphatic rings. The molecule has 0 saturated heterocycles. The normalized spacial score (nSPS) is 10.6. The third-order valence-corrected chi connectivity index (χ3v) is 3.41. The molecule has 0 aliphatic carbocycles. The molecule has 0 radical (unpaired) electrons. The van der Waals surface area contributed by atoms with E-state index in [0.29, 0.717) is 21.6 Å². The Morgan fingerprint density at radius 1 is 1.14 bits per heavy atom. The molecular weight excluding hydrogens is 307 g/mol. The molecule has 0 saturated carbocycles. The number of nitrogens with one attached hydrogen (secondary N) is 2. The van der Waals surface area contributed by atoms with Crippen molar-refractivity contribution in [1.82, 2.24) is 4.98 Å². The second-order valence-electron chi connectivity index (χ2n) is 4.69. The molecule has 1 heterocycles. The first kappa shape index (κ1) is 14.3. The van der Waals surface area contributed by atoms with Crippen LogP contribution in [-0.4, -0.2) is 16.7 Å². The molecule has 22 heavy (non-hydrogen) atoms. The molecule has 0 unspecified atom stereocenters. The molecule has 0 bridgehead atoms. The molecule has 4 nitrogen and oxygen atoms in total. The summed E-state index contributed by atoms with van der Waals surface area (Å²) in [6, 6.07) is 10.5. The van der Waals surface area contributed by atoms with Crippen molar-refractivity contribution in [2.45, 2.75) is 0 Å². The third kappa shape index (κ3) is 2.71. The summed E-state index contributed by atoms with van der Waals surface area (Å²) in [4.78, 5) is 27.1. The van der Waals surface area contributed by atoms with E-state index in [1.807, 2.05) is 0 Å². The molecule has 3 rings (SSSR count). The number of anilines is 1. The maximum atomic E-state index is 13.3. The molecule has 0 spiro atoms. The van der Waals surface area contributed by atoms with Crippen molar-refractivity contribution in [2.75, 3.05) is 5.32 Å². The first-order chi connectivity index (χ1) is 10.5. The van der Waals surface area contributed by atoms with Gasteiger partial charge in [-0.2, -0.15) is 0 Å². The lowest BCUT2D eigenvalue weighted by Gasteiger charge is -2.04. The molecule has 6 heteroatoms. The van der Waals surface area contributed by atoms with Crippen molar-refractivity contribution >= 4 is 39.9 Å². The highest BCUT2D eigenvalue weighted by molar-refractivity contribution is 6.48. The zero-order valence-corrected chi connectivity index (χ0v) is 11.9. The second kappa shape index (κ2) is 5.61.